The van der Waals surface area contributed by atoms with Gasteiger partial charge in [0.1, 0.15) is 35.9 Å². The molecule has 0 bridgehead atoms. The molecule has 1 aliphatic carbocycles. The number of rotatable bonds is 5. The Morgan fingerprint density at radius 2 is 1.81 bits per heavy atom. The Kier molecular flexibility index (Phi) is 6.16. The molecule has 4 N–H and O–H groups in total. The van der Waals surface area contributed by atoms with Gasteiger partial charge in [-0.2, -0.15) is 0 Å². The number of methoxy groups -OCH3 is 1. The maximum atomic E-state index is 10.8. The first-order valence-electron chi connectivity index (χ1n) is 10.8. The average Bonchev–Trinajstić information content (AvgIpc) is 3.27. The highest BCUT2D eigenvalue weighted by atomic mass is 16.5. The lowest BCUT2D eigenvalue weighted by Crippen LogP contribution is -2.63. The zero-order valence-electron chi connectivity index (χ0n) is 18.2. The molecule has 1 aromatic rings. The van der Waals surface area contributed by atoms with E-state index in [2.05, 4.69) is 0 Å². The second kappa shape index (κ2) is 8.56. The lowest BCUT2D eigenvalue weighted by Gasteiger charge is -2.50. The number of fused-ring (bicyclic) bond motifs is 1. The molecule has 2 saturated heterocycles. The van der Waals surface area contributed by atoms with E-state index in [1.54, 1.807) is 7.11 Å². The van der Waals surface area contributed by atoms with Crippen LogP contribution in [0.2, 0.25) is 0 Å². The zero-order valence-corrected chi connectivity index (χ0v) is 18.2. The molecule has 170 valence electrons. The Hall–Kier alpha value is -1.90. The fourth-order valence-corrected chi connectivity index (χ4v) is 5.17. The minimum absolute atomic E-state index is 0.441. The van der Waals surface area contributed by atoms with Gasteiger partial charge in [0.2, 0.25) is 0 Å². The molecule has 0 aromatic heterocycles. The topological polar surface area (TPSA) is 109 Å². The summed E-state index contributed by atoms with van der Waals surface area (Å²) in [6.07, 6.45) is -3.60. The van der Waals surface area contributed by atoms with Crippen molar-refractivity contribution in [2.45, 2.75) is 63.6 Å². The van der Waals surface area contributed by atoms with E-state index < -0.39 is 42.5 Å². The first-order chi connectivity index (χ1) is 14.8. The van der Waals surface area contributed by atoms with Crippen molar-refractivity contribution in [2.75, 3.05) is 20.3 Å². The number of aliphatic hydroxyl groups excluding tert-OH is 4. The summed E-state index contributed by atoms with van der Waals surface area (Å²) >= 11 is 0. The number of allylic oxidation sites excluding steroid dienone is 2. The molecule has 0 radical (unpaired) electrons. The van der Waals surface area contributed by atoms with E-state index in [4.69, 9.17) is 14.2 Å². The van der Waals surface area contributed by atoms with Crippen LogP contribution in [-0.2, 0) is 15.9 Å². The predicted octanol–water partition coefficient (Wildman–Crippen LogP) is 1.48. The summed E-state index contributed by atoms with van der Waals surface area (Å²) in [5.41, 5.74) is 3.85. The highest BCUT2D eigenvalue weighted by Gasteiger charge is 2.53. The molecule has 0 amide bonds. The first-order valence-corrected chi connectivity index (χ1v) is 10.8. The smallest absolute Gasteiger partial charge is 0.122 e. The quantitative estimate of drug-likeness (QED) is 0.558. The summed E-state index contributed by atoms with van der Waals surface area (Å²) in [6, 6.07) is 7.96. The van der Waals surface area contributed by atoms with Crippen LogP contribution in [0.25, 0.3) is 0 Å². The third kappa shape index (κ3) is 3.79. The fourth-order valence-electron chi connectivity index (χ4n) is 5.17. The van der Waals surface area contributed by atoms with Gasteiger partial charge in [-0.25, -0.2) is 0 Å². The van der Waals surface area contributed by atoms with Gasteiger partial charge in [0.05, 0.1) is 26.4 Å². The van der Waals surface area contributed by atoms with Gasteiger partial charge in [-0.3, -0.25) is 0 Å². The maximum Gasteiger partial charge on any atom is 0.122 e. The summed E-state index contributed by atoms with van der Waals surface area (Å²) in [5, 5.41) is 41.0. The molecule has 0 spiro atoms. The van der Waals surface area contributed by atoms with E-state index in [1.807, 2.05) is 38.1 Å². The molecule has 3 aliphatic rings. The van der Waals surface area contributed by atoms with Crippen molar-refractivity contribution in [1.29, 1.82) is 0 Å². The van der Waals surface area contributed by atoms with Crippen molar-refractivity contribution in [2.24, 2.45) is 5.41 Å². The van der Waals surface area contributed by atoms with E-state index in [-0.39, 0.29) is 0 Å². The van der Waals surface area contributed by atoms with Crippen molar-refractivity contribution in [3.05, 3.63) is 52.3 Å². The van der Waals surface area contributed by atoms with Crippen molar-refractivity contribution in [3.8, 4) is 5.75 Å². The lowest BCUT2D eigenvalue weighted by molar-refractivity contribution is -0.250. The Morgan fingerprint density at radius 1 is 1.10 bits per heavy atom. The van der Waals surface area contributed by atoms with Crippen LogP contribution in [0.5, 0.6) is 5.75 Å². The second-order valence-corrected chi connectivity index (χ2v) is 9.00. The SMILES string of the molecule is COc1ccc(CC2=C3CCOC3=C(C)C(C)([C@@H]3O[C@H](CO)[C@H](O)[C@H](O)[C@@H]3O)C2)cc1. The van der Waals surface area contributed by atoms with Crippen LogP contribution in [-0.4, -0.2) is 71.3 Å². The van der Waals surface area contributed by atoms with Crippen LogP contribution in [0.4, 0.5) is 0 Å². The van der Waals surface area contributed by atoms with Crippen molar-refractivity contribution in [1.82, 2.24) is 0 Å². The maximum absolute atomic E-state index is 10.8. The number of benzene rings is 1. The summed E-state index contributed by atoms with van der Waals surface area (Å²) in [7, 11) is 1.64. The Bertz CT molecular complexity index is 872. The van der Waals surface area contributed by atoms with Gasteiger partial charge < -0.3 is 34.6 Å². The van der Waals surface area contributed by atoms with E-state index in [1.165, 1.54) is 11.1 Å². The van der Waals surface area contributed by atoms with Crippen LogP contribution < -0.4 is 4.74 Å². The van der Waals surface area contributed by atoms with Gasteiger partial charge in [0, 0.05) is 11.8 Å². The number of hydrogen-bond acceptors (Lipinski definition) is 7. The van der Waals surface area contributed by atoms with E-state index in [0.717, 1.165) is 35.5 Å². The standard InChI is InChI=1S/C24H32O7/c1-13-22-17(8-9-30-22)15(10-14-4-6-16(29-3)7-5-14)11-24(13,2)23-21(28)20(27)19(26)18(12-25)31-23/h4-7,18-21,23,25-28H,8-12H2,1-3H3/t18-,19+,20+,21+,23-,24?/m1/s1. The summed E-state index contributed by atoms with van der Waals surface area (Å²) in [4.78, 5) is 0. The van der Waals surface area contributed by atoms with Crippen LogP contribution in [0.1, 0.15) is 32.3 Å². The van der Waals surface area contributed by atoms with Gasteiger partial charge in [0.25, 0.3) is 0 Å². The fraction of sp³-hybridized carbons (Fsp3) is 0.583. The Labute approximate surface area is 182 Å². The normalized spacial score (nSPS) is 35.8. The third-order valence-corrected chi connectivity index (χ3v) is 7.17. The van der Waals surface area contributed by atoms with E-state index in [0.29, 0.717) is 13.0 Å². The molecular formula is C24H32O7. The van der Waals surface area contributed by atoms with Crippen LogP contribution in [0, 0.1) is 5.41 Å². The molecule has 2 aliphatic heterocycles. The number of hydrogen-bond donors (Lipinski definition) is 4. The number of ether oxygens (including phenoxy) is 3. The molecule has 4 rings (SSSR count). The summed E-state index contributed by atoms with van der Waals surface area (Å²) < 4.78 is 17.2. The molecule has 2 fully saturated rings. The molecule has 7 heteroatoms. The average molecular weight is 433 g/mol. The highest BCUT2D eigenvalue weighted by Crippen LogP contribution is 2.52. The van der Waals surface area contributed by atoms with Crippen LogP contribution >= 0.6 is 0 Å². The van der Waals surface area contributed by atoms with Gasteiger partial charge in [-0.1, -0.05) is 24.6 Å². The van der Waals surface area contributed by atoms with Gasteiger partial charge in [-0.05, 0) is 48.6 Å². The highest BCUT2D eigenvalue weighted by molar-refractivity contribution is 5.47. The molecule has 7 nitrogen and oxygen atoms in total. The zero-order chi connectivity index (χ0) is 22.3. The van der Waals surface area contributed by atoms with Crippen LogP contribution in [0.15, 0.2) is 46.7 Å². The van der Waals surface area contributed by atoms with Gasteiger partial charge in [-0.15, -0.1) is 0 Å². The molecule has 2 heterocycles. The number of aliphatic hydroxyl groups is 4. The monoisotopic (exact) mass is 432 g/mol. The summed E-state index contributed by atoms with van der Waals surface area (Å²) in [6.45, 7) is 4.14. The largest absolute Gasteiger partial charge is 0.497 e. The molecular weight excluding hydrogens is 400 g/mol. The minimum Gasteiger partial charge on any atom is -0.497 e. The Balaban J connectivity index is 1.68. The second-order valence-electron chi connectivity index (χ2n) is 9.00. The Morgan fingerprint density at radius 3 is 2.45 bits per heavy atom. The molecule has 31 heavy (non-hydrogen) atoms. The molecule has 0 saturated carbocycles. The van der Waals surface area contributed by atoms with Crippen molar-refractivity contribution < 1.29 is 34.6 Å². The summed E-state index contributed by atoms with van der Waals surface area (Å²) in [5.74, 6) is 1.64. The predicted molar refractivity (Wildman–Crippen MR) is 113 cm³/mol. The third-order valence-electron chi connectivity index (χ3n) is 7.17. The molecule has 1 aromatic carbocycles. The van der Waals surface area contributed by atoms with Gasteiger partial charge in [0.15, 0.2) is 0 Å². The lowest BCUT2D eigenvalue weighted by atomic mass is 9.64. The minimum atomic E-state index is -1.40. The van der Waals surface area contributed by atoms with E-state index in [9.17, 15) is 20.4 Å². The first kappa shape index (κ1) is 22.3. The van der Waals surface area contributed by atoms with Crippen molar-refractivity contribution in [3.63, 3.8) is 0 Å². The van der Waals surface area contributed by atoms with Crippen LogP contribution in [0.3, 0.4) is 0 Å². The molecule has 1 unspecified atom stereocenters. The van der Waals surface area contributed by atoms with Gasteiger partial charge >= 0.3 is 0 Å². The van der Waals surface area contributed by atoms with E-state index >= 15 is 0 Å². The van der Waals surface area contributed by atoms with Crippen molar-refractivity contribution >= 4 is 0 Å². The molecule has 6 atom stereocenters.